The Bertz CT molecular complexity index is 652. The Morgan fingerprint density at radius 3 is 2.76 bits per heavy atom. The highest BCUT2D eigenvalue weighted by Crippen LogP contribution is 2.35. The van der Waals surface area contributed by atoms with Crippen molar-refractivity contribution in [3.8, 4) is 0 Å². The van der Waals surface area contributed by atoms with Crippen molar-refractivity contribution in [1.82, 2.24) is 4.90 Å². The van der Waals surface area contributed by atoms with E-state index in [0.29, 0.717) is 20.8 Å². The zero-order chi connectivity index (χ0) is 15.0. The van der Waals surface area contributed by atoms with Crippen molar-refractivity contribution in [2.24, 2.45) is 4.99 Å². The molecule has 0 radical (unpaired) electrons. The van der Waals surface area contributed by atoms with Crippen LogP contribution in [0.15, 0.2) is 28.2 Å². The molecule has 1 aromatic rings. The molecule has 2 heterocycles. The summed E-state index contributed by atoms with van der Waals surface area (Å²) in [6.45, 7) is 1.60. The maximum Gasteiger partial charge on any atom is 0.230 e. The number of amidine groups is 1. The molecule has 3 rings (SSSR count). The highest BCUT2D eigenvalue weighted by atomic mass is 35.5. The van der Waals surface area contributed by atoms with Crippen molar-refractivity contribution < 1.29 is 4.79 Å². The molecule has 8 heteroatoms. The lowest BCUT2D eigenvalue weighted by Gasteiger charge is -2.16. The van der Waals surface area contributed by atoms with Gasteiger partial charge in [0, 0.05) is 17.3 Å². The zero-order valence-electron chi connectivity index (χ0n) is 10.7. The van der Waals surface area contributed by atoms with E-state index < -0.39 is 0 Å². The normalized spacial score (nSPS) is 16.6. The molecule has 0 atom stereocenters. The summed E-state index contributed by atoms with van der Waals surface area (Å²) in [5, 5.41) is 6.70. The fraction of sp³-hybridized carbons (Fsp3) is 0.231. The first-order valence-electron chi connectivity index (χ1n) is 6.16. The summed E-state index contributed by atoms with van der Waals surface area (Å²) in [7, 11) is 0. The topological polar surface area (TPSA) is 44.7 Å². The van der Waals surface area contributed by atoms with Crippen LogP contribution >= 0.6 is 46.6 Å². The van der Waals surface area contributed by atoms with Crippen LogP contribution in [-0.4, -0.2) is 29.1 Å². The molecule has 0 bridgehead atoms. The number of amides is 1. The molecule has 0 fully saturated rings. The number of anilines is 1. The van der Waals surface area contributed by atoms with Crippen molar-refractivity contribution in [1.29, 1.82) is 0 Å². The fourth-order valence-electron chi connectivity index (χ4n) is 2.13. The van der Waals surface area contributed by atoms with Gasteiger partial charge in [0.25, 0.3) is 0 Å². The molecule has 21 heavy (non-hydrogen) atoms. The second kappa shape index (κ2) is 6.08. The van der Waals surface area contributed by atoms with Crippen molar-refractivity contribution in [3.05, 3.63) is 38.3 Å². The Kier molecular flexibility index (Phi) is 4.36. The minimum absolute atomic E-state index is 0.180. The van der Waals surface area contributed by atoms with Crippen LogP contribution in [0.3, 0.4) is 0 Å². The maximum atomic E-state index is 12.2. The summed E-state index contributed by atoms with van der Waals surface area (Å²) in [5.41, 5.74) is 1.32. The van der Waals surface area contributed by atoms with Crippen LogP contribution in [0.2, 0.25) is 15.1 Å². The van der Waals surface area contributed by atoms with Crippen LogP contribution < -0.4 is 5.32 Å². The summed E-state index contributed by atoms with van der Waals surface area (Å²) in [6, 6.07) is 3.08. The molecular weight excluding hydrogens is 353 g/mol. The van der Waals surface area contributed by atoms with Gasteiger partial charge in [-0.05, 0) is 17.5 Å². The first-order valence-corrected chi connectivity index (χ1v) is 8.18. The molecule has 0 spiro atoms. The molecule has 110 valence electrons. The quantitative estimate of drug-likeness (QED) is 0.875. The number of carbonyl (C=O) groups is 1. The first-order chi connectivity index (χ1) is 10.0. The Hall–Kier alpha value is -0.880. The lowest BCUT2D eigenvalue weighted by molar-refractivity contribution is -0.115. The minimum atomic E-state index is -0.180. The molecule has 0 aromatic heterocycles. The fourth-order valence-corrected chi connectivity index (χ4v) is 3.99. The molecule has 0 saturated heterocycles. The van der Waals surface area contributed by atoms with Gasteiger partial charge in [0.05, 0.1) is 28.7 Å². The monoisotopic (exact) mass is 361 g/mol. The Morgan fingerprint density at radius 2 is 2.05 bits per heavy atom. The van der Waals surface area contributed by atoms with Gasteiger partial charge in [-0.15, -0.1) is 0 Å². The number of rotatable bonds is 3. The van der Waals surface area contributed by atoms with E-state index in [0.717, 1.165) is 24.0 Å². The number of thioether (sulfide) groups is 1. The number of halogens is 3. The van der Waals surface area contributed by atoms with E-state index in [1.54, 1.807) is 23.9 Å². The molecule has 0 saturated carbocycles. The number of benzene rings is 1. The van der Waals surface area contributed by atoms with E-state index >= 15 is 0 Å². The predicted octanol–water partition coefficient (Wildman–Crippen LogP) is 4.24. The van der Waals surface area contributed by atoms with Crippen LogP contribution in [-0.2, 0) is 4.79 Å². The van der Waals surface area contributed by atoms with Gasteiger partial charge in [0.2, 0.25) is 5.91 Å². The molecule has 0 aliphatic carbocycles. The highest BCUT2D eigenvalue weighted by Gasteiger charge is 2.27. The van der Waals surface area contributed by atoms with E-state index in [9.17, 15) is 4.79 Å². The summed E-state index contributed by atoms with van der Waals surface area (Å²) in [6.07, 6.45) is 0.251. The van der Waals surface area contributed by atoms with E-state index in [1.807, 2.05) is 5.41 Å². The predicted molar refractivity (Wildman–Crippen MR) is 89.4 cm³/mol. The second-order valence-corrected chi connectivity index (χ2v) is 6.60. The van der Waals surface area contributed by atoms with E-state index in [2.05, 4.69) is 15.2 Å². The standard InChI is InChI=1S/C13H10Cl3N3OS/c14-7-3-9(15)12(10(16)4-7)18-11(20)5-8-6-21-13-17-1-2-19(8)13/h3-4,6H,1-2,5H2,(H,18,20). The molecule has 2 aliphatic rings. The molecule has 2 aliphatic heterocycles. The smallest absolute Gasteiger partial charge is 0.230 e. The lowest BCUT2D eigenvalue weighted by Crippen LogP contribution is -2.24. The number of aliphatic imine (C=N–C) groups is 1. The van der Waals surface area contributed by atoms with Gasteiger partial charge in [-0.2, -0.15) is 0 Å². The third-order valence-corrected chi connectivity index (χ3v) is 4.83. The van der Waals surface area contributed by atoms with Crippen molar-refractivity contribution in [2.45, 2.75) is 6.42 Å². The molecular formula is C13H10Cl3N3OS. The van der Waals surface area contributed by atoms with Crippen LogP contribution in [0.4, 0.5) is 5.69 Å². The van der Waals surface area contributed by atoms with Gasteiger partial charge >= 0.3 is 0 Å². The zero-order valence-corrected chi connectivity index (χ0v) is 13.8. The van der Waals surface area contributed by atoms with Gasteiger partial charge in [-0.1, -0.05) is 46.6 Å². The number of nitrogens with zero attached hydrogens (tertiary/aromatic N) is 2. The van der Waals surface area contributed by atoms with Crippen molar-refractivity contribution in [3.63, 3.8) is 0 Å². The first kappa shape index (κ1) is 15.0. The largest absolute Gasteiger partial charge is 0.323 e. The van der Waals surface area contributed by atoms with Crippen LogP contribution in [0.25, 0.3) is 0 Å². The SMILES string of the molecule is O=C(CC1=CSC2=NCCN12)Nc1c(Cl)cc(Cl)cc1Cl. The number of carbonyl (C=O) groups excluding carboxylic acids is 1. The lowest BCUT2D eigenvalue weighted by atomic mass is 10.2. The van der Waals surface area contributed by atoms with Crippen LogP contribution in [0, 0.1) is 0 Å². The van der Waals surface area contributed by atoms with E-state index in [1.165, 1.54) is 0 Å². The van der Waals surface area contributed by atoms with Gasteiger partial charge in [-0.3, -0.25) is 9.79 Å². The minimum Gasteiger partial charge on any atom is -0.323 e. The van der Waals surface area contributed by atoms with Crippen molar-refractivity contribution in [2.75, 3.05) is 18.4 Å². The number of hydrogen-bond acceptors (Lipinski definition) is 4. The Balaban J connectivity index is 1.69. The third-order valence-electron chi connectivity index (χ3n) is 3.06. The van der Waals surface area contributed by atoms with Gasteiger partial charge in [-0.25, -0.2) is 0 Å². The summed E-state index contributed by atoms with van der Waals surface area (Å²) in [5.74, 6) is -0.180. The highest BCUT2D eigenvalue weighted by molar-refractivity contribution is 8.16. The van der Waals surface area contributed by atoms with Gasteiger partial charge in [0.1, 0.15) is 0 Å². The summed E-state index contributed by atoms with van der Waals surface area (Å²) < 4.78 is 0. The molecule has 1 N–H and O–H groups in total. The average Bonchev–Trinajstić information content (AvgIpc) is 2.99. The summed E-state index contributed by atoms with van der Waals surface area (Å²) >= 11 is 19.5. The number of hydrogen-bond donors (Lipinski definition) is 1. The van der Waals surface area contributed by atoms with Gasteiger partial charge in [0.15, 0.2) is 5.17 Å². The van der Waals surface area contributed by atoms with E-state index in [-0.39, 0.29) is 12.3 Å². The summed E-state index contributed by atoms with van der Waals surface area (Å²) in [4.78, 5) is 18.6. The Morgan fingerprint density at radius 1 is 1.33 bits per heavy atom. The average molecular weight is 363 g/mol. The number of nitrogens with one attached hydrogen (secondary N) is 1. The molecule has 1 aromatic carbocycles. The van der Waals surface area contributed by atoms with Gasteiger partial charge < -0.3 is 10.2 Å². The Labute approximate surface area is 141 Å². The maximum absolute atomic E-state index is 12.2. The molecule has 1 amide bonds. The second-order valence-electron chi connectivity index (χ2n) is 4.51. The number of fused-ring (bicyclic) bond motifs is 1. The third kappa shape index (κ3) is 3.16. The van der Waals surface area contributed by atoms with Crippen LogP contribution in [0.5, 0.6) is 0 Å². The van der Waals surface area contributed by atoms with Crippen molar-refractivity contribution >= 4 is 63.3 Å². The van der Waals surface area contributed by atoms with Crippen LogP contribution in [0.1, 0.15) is 6.42 Å². The molecule has 0 unspecified atom stereocenters. The molecule has 4 nitrogen and oxygen atoms in total. The van der Waals surface area contributed by atoms with E-state index in [4.69, 9.17) is 34.8 Å².